The van der Waals surface area contributed by atoms with Crippen LogP contribution in [0.4, 0.5) is 0 Å². The van der Waals surface area contributed by atoms with E-state index in [9.17, 15) is 0 Å². The molecule has 0 spiro atoms. The first-order chi connectivity index (χ1) is 7.35. The Labute approximate surface area is 94.6 Å². The number of rotatable bonds is 11. The van der Waals surface area contributed by atoms with Gasteiger partial charge in [0.2, 0.25) is 0 Å². The highest BCUT2D eigenvalue weighted by Gasteiger charge is 2.02. The van der Waals surface area contributed by atoms with Gasteiger partial charge in [0.05, 0.1) is 19.8 Å². The number of nitrogens with zero attached hydrogens (tertiary/aromatic N) is 1. The van der Waals surface area contributed by atoms with Gasteiger partial charge in [-0.15, -0.1) is 0 Å². The Bertz CT molecular complexity index is 114. The molecule has 0 aromatic heterocycles. The molecule has 0 aliphatic carbocycles. The number of hydrogen-bond donors (Lipinski definition) is 0. The van der Waals surface area contributed by atoms with Crippen molar-refractivity contribution in [2.75, 3.05) is 19.8 Å². The van der Waals surface area contributed by atoms with E-state index in [0.717, 1.165) is 13.0 Å². The Hall–Kier alpha value is -0.120. The molecule has 0 fully saturated rings. The summed E-state index contributed by atoms with van der Waals surface area (Å²) in [6.07, 6.45) is 7.80. The van der Waals surface area contributed by atoms with Gasteiger partial charge in [0.1, 0.15) is 0 Å². The molecule has 3 heteroatoms. The highest BCUT2D eigenvalue weighted by molar-refractivity contribution is 4.44. The minimum absolute atomic E-state index is 0.676. The molecule has 0 aromatic rings. The third-order valence-corrected chi connectivity index (χ3v) is 2.24. The van der Waals surface area contributed by atoms with Gasteiger partial charge in [-0.3, -0.25) is 9.68 Å². The summed E-state index contributed by atoms with van der Waals surface area (Å²) in [5, 5.41) is 1.62. The molecule has 0 unspecified atom stereocenters. The van der Waals surface area contributed by atoms with Crippen molar-refractivity contribution in [3.05, 3.63) is 0 Å². The monoisotopic (exact) mass is 217 g/mol. The van der Waals surface area contributed by atoms with Crippen LogP contribution in [0.15, 0.2) is 0 Å². The Morgan fingerprint density at radius 3 is 1.80 bits per heavy atom. The van der Waals surface area contributed by atoms with Gasteiger partial charge in [0.15, 0.2) is 0 Å². The smallest absolute Gasteiger partial charge is 0.0683 e. The summed E-state index contributed by atoms with van der Waals surface area (Å²) in [7, 11) is 0. The first kappa shape index (κ1) is 14.9. The third-order valence-electron chi connectivity index (χ3n) is 2.24. The Balaban J connectivity index is 3.28. The molecule has 0 saturated heterocycles. The zero-order chi connectivity index (χ0) is 11.4. The van der Waals surface area contributed by atoms with E-state index in [4.69, 9.17) is 9.68 Å². The van der Waals surface area contributed by atoms with Crippen molar-refractivity contribution in [3.63, 3.8) is 0 Å². The van der Waals surface area contributed by atoms with Crippen LogP contribution in [-0.2, 0) is 9.68 Å². The van der Waals surface area contributed by atoms with Crippen molar-refractivity contribution in [1.82, 2.24) is 5.23 Å². The molecular formula is C12H27NO2. The van der Waals surface area contributed by atoms with Crippen molar-refractivity contribution >= 4 is 0 Å². The second-order valence-corrected chi connectivity index (χ2v) is 3.66. The number of hydroxylamine groups is 2. The van der Waals surface area contributed by atoms with Gasteiger partial charge < -0.3 is 0 Å². The molecule has 92 valence electrons. The average molecular weight is 217 g/mol. The molecule has 15 heavy (non-hydrogen) atoms. The van der Waals surface area contributed by atoms with Gasteiger partial charge in [-0.25, -0.2) is 0 Å². The van der Waals surface area contributed by atoms with E-state index < -0.39 is 0 Å². The Morgan fingerprint density at radius 2 is 1.27 bits per heavy atom. The quantitative estimate of drug-likeness (QED) is 0.390. The summed E-state index contributed by atoms with van der Waals surface area (Å²) >= 11 is 0. The second-order valence-electron chi connectivity index (χ2n) is 3.66. The predicted octanol–water partition coefficient (Wildman–Crippen LogP) is 3.55. The molecule has 0 saturated carbocycles. The van der Waals surface area contributed by atoms with Crippen molar-refractivity contribution in [2.45, 2.75) is 59.3 Å². The molecule has 0 amide bonds. The van der Waals surface area contributed by atoms with Crippen molar-refractivity contribution in [3.8, 4) is 0 Å². The lowest BCUT2D eigenvalue weighted by molar-refractivity contribution is -0.364. The maximum atomic E-state index is 5.32. The summed E-state index contributed by atoms with van der Waals surface area (Å²) in [6.45, 7) is 8.44. The van der Waals surface area contributed by atoms with Crippen LogP contribution in [0, 0.1) is 0 Å². The normalized spacial score (nSPS) is 11.2. The van der Waals surface area contributed by atoms with Crippen LogP contribution in [0.3, 0.4) is 0 Å². The number of hydrogen-bond acceptors (Lipinski definition) is 3. The molecule has 0 aliphatic heterocycles. The van der Waals surface area contributed by atoms with E-state index in [1.807, 2.05) is 13.8 Å². The summed E-state index contributed by atoms with van der Waals surface area (Å²) in [5.74, 6) is 0. The molecule has 0 atom stereocenters. The van der Waals surface area contributed by atoms with E-state index in [0.29, 0.717) is 13.2 Å². The van der Waals surface area contributed by atoms with Crippen LogP contribution >= 0.6 is 0 Å². The zero-order valence-electron chi connectivity index (χ0n) is 10.6. The molecular weight excluding hydrogens is 190 g/mol. The fourth-order valence-corrected chi connectivity index (χ4v) is 1.48. The van der Waals surface area contributed by atoms with E-state index in [1.165, 1.54) is 32.1 Å². The standard InChI is InChI=1S/C12H27NO2/c1-4-7-8-9-10-11-12-13(14-5-2)15-6-3/h4-12H2,1-3H3. The van der Waals surface area contributed by atoms with Crippen LogP contribution in [-0.4, -0.2) is 25.0 Å². The minimum Gasteiger partial charge on any atom is -0.274 e. The lowest BCUT2D eigenvalue weighted by atomic mass is 10.1. The summed E-state index contributed by atoms with van der Waals surface area (Å²) in [5.41, 5.74) is 0. The van der Waals surface area contributed by atoms with Gasteiger partial charge >= 0.3 is 0 Å². The maximum Gasteiger partial charge on any atom is 0.0683 e. The lowest BCUT2D eigenvalue weighted by Crippen LogP contribution is -2.25. The van der Waals surface area contributed by atoms with Crippen molar-refractivity contribution in [1.29, 1.82) is 0 Å². The average Bonchev–Trinajstić information content (AvgIpc) is 2.24. The summed E-state index contributed by atoms with van der Waals surface area (Å²) in [6, 6.07) is 0. The van der Waals surface area contributed by atoms with Crippen LogP contribution in [0.5, 0.6) is 0 Å². The molecule has 3 nitrogen and oxygen atoms in total. The second kappa shape index (κ2) is 12.0. The summed E-state index contributed by atoms with van der Waals surface area (Å²) < 4.78 is 0. The fraction of sp³-hybridized carbons (Fsp3) is 1.00. The van der Waals surface area contributed by atoms with E-state index in [-0.39, 0.29) is 0 Å². The van der Waals surface area contributed by atoms with Gasteiger partial charge in [-0.05, 0) is 20.3 Å². The van der Waals surface area contributed by atoms with Gasteiger partial charge in [0.25, 0.3) is 0 Å². The van der Waals surface area contributed by atoms with E-state index >= 15 is 0 Å². The molecule has 0 aromatic carbocycles. The largest absolute Gasteiger partial charge is 0.274 e. The third kappa shape index (κ3) is 10.2. The lowest BCUT2D eigenvalue weighted by Gasteiger charge is -2.19. The molecule has 0 heterocycles. The highest BCUT2D eigenvalue weighted by Crippen LogP contribution is 2.06. The predicted molar refractivity (Wildman–Crippen MR) is 63.3 cm³/mol. The van der Waals surface area contributed by atoms with Crippen LogP contribution < -0.4 is 0 Å². The van der Waals surface area contributed by atoms with E-state index in [1.54, 1.807) is 5.23 Å². The Morgan fingerprint density at radius 1 is 0.733 bits per heavy atom. The van der Waals surface area contributed by atoms with Crippen LogP contribution in [0.2, 0.25) is 0 Å². The van der Waals surface area contributed by atoms with Gasteiger partial charge in [-0.1, -0.05) is 44.3 Å². The molecule has 0 radical (unpaired) electrons. The van der Waals surface area contributed by atoms with Crippen molar-refractivity contribution < 1.29 is 9.68 Å². The van der Waals surface area contributed by atoms with Crippen LogP contribution in [0.25, 0.3) is 0 Å². The topological polar surface area (TPSA) is 21.7 Å². The first-order valence-corrected chi connectivity index (χ1v) is 6.38. The molecule has 0 bridgehead atoms. The zero-order valence-corrected chi connectivity index (χ0v) is 10.6. The highest BCUT2D eigenvalue weighted by atomic mass is 16.9. The van der Waals surface area contributed by atoms with Gasteiger partial charge in [0, 0.05) is 0 Å². The fourth-order valence-electron chi connectivity index (χ4n) is 1.48. The summed E-state index contributed by atoms with van der Waals surface area (Å²) in [4.78, 5) is 10.6. The van der Waals surface area contributed by atoms with Crippen LogP contribution in [0.1, 0.15) is 59.3 Å². The molecule has 0 aliphatic rings. The molecule has 0 rings (SSSR count). The van der Waals surface area contributed by atoms with Crippen molar-refractivity contribution in [2.24, 2.45) is 0 Å². The van der Waals surface area contributed by atoms with E-state index in [2.05, 4.69) is 6.92 Å². The number of unbranched alkanes of at least 4 members (excludes halogenated alkanes) is 5. The van der Waals surface area contributed by atoms with Gasteiger partial charge in [-0.2, -0.15) is 0 Å². The minimum atomic E-state index is 0.676. The molecule has 0 N–H and O–H groups in total. The first-order valence-electron chi connectivity index (χ1n) is 6.38. The Kier molecular flexibility index (Phi) is 11.9. The SMILES string of the molecule is CCCCCCCCN(OCC)OCC. The maximum absolute atomic E-state index is 5.32.